The first-order valence-corrected chi connectivity index (χ1v) is 5.37. The molecule has 3 nitrogen and oxygen atoms in total. The maximum absolute atomic E-state index is 11.7. The van der Waals surface area contributed by atoms with Gasteiger partial charge in [-0.05, 0) is 13.0 Å². The lowest BCUT2D eigenvalue weighted by Gasteiger charge is -2.17. The Morgan fingerprint density at radius 2 is 2.36 bits per heavy atom. The van der Waals surface area contributed by atoms with E-state index < -0.39 is 0 Å². The van der Waals surface area contributed by atoms with E-state index in [1.807, 2.05) is 13.8 Å². The molecule has 0 N–H and O–H groups in total. The van der Waals surface area contributed by atoms with Crippen molar-refractivity contribution < 1.29 is 9.21 Å². The third-order valence-electron chi connectivity index (χ3n) is 1.85. The zero-order valence-electron chi connectivity index (χ0n) is 8.58. The number of hydrogen-bond donors (Lipinski definition) is 0. The summed E-state index contributed by atoms with van der Waals surface area (Å²) in [6, 6.07) is 1.75. The van der Waals surface area contributed by atoms with Gasteiger partial charge in [0.25, 0.3) is 5.91 Å². The highest BCUT2D eigenvalue weighted by atomic mass is 79.9. The monoisotopic (exact) mass is 259 g/mol. The van der Waals surface area contributed by atoms with Gasteiger partial charge in [-0.3, -0.25) is 4.79 Å². The fourth-order valence-electron chi connectivity index (χ4n) is 1.24. The van der Waals surface area contributed by atoms with Gasteiger partial charge in [0, 0.05) is 18.4 Å². The first-order valence-electron chi connectivity index (χ1n) is 4.45. The van der Waals surface area contributed by atoms with Crippen molar-refractivity contribution in [3.63, 3.8) is 0 Å². The number of amides is 1. The zero-order chi connectivity index (χ0) is 10.7. The molecule has 78 valence electrons. The Labute approximate surface area is 92.2 Å². The number of hydrogen-bond acceptors (Lipinski definition) is 2. The van der Waals surface area contributed by atoms with Crippen molar-refractivity contribution in [3.8, 4) is 0 Å². The highest BCUT2D eigenvalue weighted by molar-refractivity contribution is 9.09. The third kappa shape index (κ3) is 2.87. The topological polar surface area (TPSA) is 33.5 Å². The largest absolute Gasteiger partial charge is 0.469 e. The van der Waals surface area contributed by atoms with Crippen molar-refractivity contribution in [3.05, 3.63) is 23.7 Å². The summed E-state index contributed by atoms with van der Waals surface area (Å²) in [5, 5.41) is 0. The standard InChI is InChI=1S/C10H14BrNO2/c1-7(11)5-12(3)10(13)9-4-8(2)14-6-9/h4,6-7H,5H2,1-3H3. The van der Waals surface area contributed by atoms with Crippen molar-refractivity contribution in [1.82, 2.24) is 4.90 Å². The van der Waals surface area contributed by atoms with E-state index in [1.165, 1.54) is 6.26 Å². The summed E-state index contributed by atoms with van der Waals surface area (Å²) in [7, 11) is 1.78. The second-order valence-corrected chi connectivity index (χ2v) is 4.98. The summed E-state index contributed by atoms with van der Waals surface area (Å²) in [4.78, 5) is 13.7. The number of nitrogens with zero attached hydrogens (tertiary/aromatic N) is 1. The van der Waals surface area contributed by atoms with Crippen LogP contribution in [-0.2, 0) is 0 Å². The first kappa shape index (κ1) is 11.3. The van der Waals surface area contributed by atoms with E-state index >= 15 is 0 Å². The molecule has 0 aliphatic carbocycles. The lowest BCUT2D eigenvalue weighted by atomic mass is 10.2. The molecule has 0 fully saturated rings. The van der Waals surface area contributed by atoms with Gasteiger partial charge in [-0.2, -0.15) is 0 Å². The van der Waals surface area contributed by atoms with Gasteiger partial charge in [0.15, 0.2) is 0 Å². The van der Waals surface area contributed by atoms with E-state index in [9.17, 15) is 4.79 Å². The van der Waals surface area contributed by atoms with Gasteiger partial charge in [-0.15, -0.1) is 0 Å². The lowest BCUT2D eigenvalue weighted by Crippen LogP contribution is -2.30. The highest BCUT2D eigenvalue weighted by Crippen LogP contribution is 2.10. The fourth-order valence-corrected chi connectivity index (χ4v) is 1.67. The molecule has 0 aromatic carbocycles. The van der Waals surface area contributed by atoms with Gasteiger partial charge in [0.2, 0.25) is 0 Å². The van der Waals surface area contributed by atoms with Gasteiger partial charge in [0.1, 0.15) is 12.0 Å². The second kappa shape index (κ2) is 4.64. The van der Waals surface area contributed by atoms with E-state index in [0.717, 1.165) is 5.76 Å². The van der Waals surface area contributed by atoms with Crippen LogP contribution in [0.25, 0.3) is 0 Å². The van der Waals surface area contributed by atoms with Gasteiger partial charge in [0.05, 0.1) is 5.56 Å². The number of aryl methyl sites for hydroxylation is 1. The number of carbonyl (C=O) groups is 1. The van der Waals surface area contributed by atoms with Crippen LogP contribution in [0.15, 0.2) is 16.7 Å². The lowest BCUT2D eigenvalue weighted by molar-refractivity contribution is 0.0796. The average molecular weight is 260 g/mol. The molecule has 1 heterocycles. The molecule has 1 rings (SSSR count). The number of halogens is 1. The predicted octanol–water partition coefficient (Wildman–Crippen LogP) is 2.44. The molecule has 1 amide bonds. The Morgan fingerprint density at radius 3 is 2.79 bits per heavy atom. The summed E-state index contributed by atoms with van der Waals surface area (Å²) in [5.41, 5.74) is 0.609. The Hall–Kier alpha value is -0.770. The molecule has 1 unspecified atom stereocenters. The maximum atomic E-state index is 11.7. The molecule has 1 aromatic rings. The normalized spacial score (nSPS) is 12.6. The first-order chi connectivity index (χ1) is 6.50. The molecule has 1 atom stereocenters. The van der Waals surface area contributed by atoms with Crippen LogP contribution in [0.4, 0.5) is 0 Å². The van der Waals surface area contributed by atoms with Gasteiger partial charge in [-0.25, -0.2) is 0 Å². The maximum Gasteiger partial charge on any atom is 0.256 e. The van der Waals surface area contributed by atoms with Gasteiger partial charge < -0.3 is 9.32 Å². The van der Waals surface area contributed by atoms with Crippen molar-refractivity contribution in [2.45, 2.75) is 18.7 Å². The smallest absolute Gasteiger partial charge is 0.256 e. The van der Waals surface area contributed by atoms with Crippen LogP contribution in [0.5, 0.6) is 0 Å². The minimum absolute atomic E-state index is 0.00634. The molecule has 4 heteroatoms. The number of carbonyl (C=O) groups excluding carboxylic acids is 1. The quantitative estimate of drug-likeness (QED) is 0.782. The third-order valence-corrected chi connectivity index (χ3v) is 2.14. The van der Waals surface area contributed by atoms with E-state index in [1.54, 1.807) is 18.0 Å². The van der Waals surface area contributed by atoms with E-state index in [4.69, 9.17) is 4.42 Å². The van der Waals surface area contributed by atoms with Crippen molar-refractivity contribution in [2.24, 2.45) is 0 Å². The molecule has 0 bridgehead atoms. The van der Waals surface area contributed by atoms with E-state index in [-0.39, 0.29) is 5.91 Å². The highest BCUT2D eigenvalue weighted by Gasteiger charge is 2.14. The zero-order valence-corrected chi connectivity index (χ0v) is 10.2. The minimum atomic E-state index is -0.00634. The Balaban J connectivity index is 2.65. The van der Waals surface area contributed by atoms with Crippen LogP contribution in [0.3, 0.4) is 0 Å². The van der Waals surface area contributed by atoms with E-state index in [0.29, 0.717) is 16.9 Å². The molecule has 0 saturated heterocycles. The Bertz CT molecular complexity index is 320. The molecule has 0 aliphatic heterocycles. The van der Waals surface area contributed by atoms with Crippen LogP contribution in [-0.4, -0.2) is 29.2 Å². The molecule has 14 heavy (non-hydrogen) atoms. The van der Waals surface area contributed by atoms with Crippen molar-refractivity contribution >= 4 is 21.8 Å². The molecular formula is C10H14BrNO2. The van der Waals surface area contributed by atoms with Crippen LogP contribution >= 0.6 is 15.9 Å². The van der Waals surface area contributed by atoms with E-state index in [2.05, 4.69) is 15.9 Å². The summed E-state index contributed by atoms with van der Waals surface area (Å²) in [6.45, 7) is 4.51. The molecule has 0 saturated carbocycles. The average Bonchev–Trinajstić information content (AvgIpc) is 2.49. The second-order valence-electron chi connectivity index (χ2n) is 3.41. The SMILES string of the molecule is Cc1cc(C(=O)N(C)CC(C)Br)co1. The summed E-state index contributed by atoms with van der Waals surface area (Å²) in [5.74, 6) is 0.752. The summed E-state index contributed by atoms with van der Waals surface area (Å²) in [6.07, 6.45) is 1.49. The number of rotatable bonds is 3. The molecule has 0 spiro atoms. The molecular weight excluding hydrogens is 246 g/mol. The molecule has 0 aliphatic rings. The van der Waals surface area contributed by atoms with Crippen LogP contribution in [0.1, 0.15) is 23.0 Å². The fraction of sp³-hybridized carbons (Fsp3) is 0.500. The Morgan fingerprint density at radius 1 is 1.71 bits per heavy atom. The van der Waals surface area contributed by atoms with Crippen LogP contribution < -0.4 is 0 Å². The number of furan rings is 1. The summed E-state index contributed by atoms with van der Waals surface area (Å²) < 4.78 is 5.08. The van der Waals surface area contributed by atoms with Crippen molar-refractivity contribution in [1.29, 1.82) is 0 Å². The van der Waals surface area contributed by atoms with Gasteiger partial charge in [-0.1, -0.05) is 22.9 Å². The van der Waals surface area contributed by atoms with Crippen molar-refractivity contribution in [2.75, 3.05) is 13.6 Å². The molecule has 1 aromatic heterocycles. The van der Waals surface area contributed by atoms with Crippen LogP contribution in [0, 0.1) is 6.92 Å². The Kier molecular flexibility index (Phi) is 3.75. The predicted molar refractivity (Wildman–Crippen MR) is 58.8 cm³/mol. The van der Waals surface area contributed by atoms with Crippen LogP contribution in [0.2, 0.25) is 0 Å². The molecule has 0 radical (unpaired) electrons. The minimum Gasteiger partial charge on any atom is -0.469 e. The summed E-state index contributed by atoms with van der Waals surface area (Å²) >= 11 is 3.40. The number of alkyl halides is 1. The van der Waals surface area contributed by atoms with Gasteiger partial charge >= 0.3 is 0 Å².